The molecule has 0 fully saturated rings. The van der Waals surface area contributed by atoms with Gasteiger partial charge in [-0.1, -0.05) is 41.5 Å². The van der Waals surface area contributed by atoms with Gasteiger partial charge in [-0.15, -0.1) is 0 Å². The second-order valence-electron chi connectivity index (χ2n) is 3.92. The summed E-state index contributed by atoms with van der Waals surface area (Å²) in [4.78, 5) is 13.7. The minimum Gasteiger partial charge on any atom is -0.488 e. The van der Waals surface area contributed by atoms with E-state index in [1.807, 2.05) is 30.3 Å². The molecule has 0 saturated carbocycles. The number of carbonyl (C=O) groups is 1. The highest BCUT2D eigenvalue weighted by Gasteiger charge is 2.13. The zero-order chi connectivity index (χ0) is 14.4. The first kappa shape index (κ1) is 13.5. The van der Waals surface area contributed by atoms with Gasteiger partial charge >= 0.3 is 5.97 Å². The van der Waals surface area contributed by atoms with Crippen LogP contribution >= 0.6 is 0 Å². The van der Waals surface area contributed by atoms with Crippen LogP contribution in [0.5, 0.6) is 5.75 Å². The van der Waals surface area contributed by atoms with Crippen molar-refractivity contribution in [1.82, 2.24) is 0 Å². The van der Waals surface area contributed by atoms with Gasteiger partial charge in [0, 0.05) is 4.91 Å². The summed E-state index contributed by atoms with van der Waals surface area (Å²) in [5.41, 5.74) is 9.37. The normalized spacial score (nSPS) is 9.60. The summed E-state index contributed by atoms with van der Waals surface area (Å²) < 4.78 is 5.54. The third-order valence-corrected chi connectivity index (χ3v) is 2.61. The Morgan fingerprint density at radius 3 is 2.60 bits per heavy atom. The summed E-state index contributed by atoms with van der Waals surface area (Å²) in [7, 11) is 0. The first-order chi connectivity index (χ1) is 9.72. The molecule has 0 amide bonds. The molecular formula is C14H11N3O3. The van der Waals surface area contributed by atoms with Gasteiger partial charge in [0.05, 0.1) is 11.3 Å². The molecule has 2 aromatic rings. The fourth-order valence-corrected chi connectivity index (χ4v) is 1.69. The van der Waals surface area contributed by atoms with Gasteiger partial charge in [-0.25, -0.2) is 4.79 Å². The Morgan fingerprint density at radius 1 is 1.20 bits per heavy atom. The average Bonchev–Trinajstić information content (AvgIpc) is 2.47. The summed E-state index contributed by atoms with van der Waals surface area (Å²) in [6, 6.07) is 13.9. The van der Waals surface area contributed by atoms with E-state index in [4.69, 9.17) is 15.4 Å². The smallest absolute Gasteiger partial charge is 0.336 e. The van der Waals surface area contributed by atoms with Crippen molar-refractivity contribution in [2.75, 3.05) is 0 Å². The van der Waals surface area contributed by atoms with Crippen molar-refractivity contribution in [3.8, 4) is 5.75 Å². The topological polar surface area (TPSA) is 95.3 Å². The molecule has 0 heterocycles. The van der Waals surface area contributed by atoms with E-state index in [0.29, 0.717) is 0 Å². The Kier molecular flexibility index (Phi) is 4.21. The quantitative estimate of drug-likeness (QED) is 0.506. The van der Waals surface area contributed by atoms with Gasteiger partial charge in [0.25, 0.3) is 0 Å². The van der Waals surface area contributed by atoms with Crippen LogP contribution in [-0.2, 0) is 6.61 Å². The second kappa shape index (κ2) is 6.26. The van der Waals surface area contributed by atoms with Gasteiger partial charge in [0.2, 0.25) is 0 Å². The number of benzene rings is 2. The number of azide groups is 1. The number of hydrogen-bond acceptors (Lipinski definition) is 3. The minimum atomic E-state index is -1.17. The number of carboxylic acids is 1. The van der Waals surface area contributed by atoms with E-state index in [-0.39, 0.29) is 23.6 Å². The molecule has 2 rings (SSSR count). The molecule has 0 atom stereocenters. The van der Waals surface area contributed by atoms with E-state index < -0.39 is 5.97 Å². The fourth-order valence-electron chi connectivity index (χ4n) is 1.69. The zero-order valence-electron chi connectivity index (χ0n) is 10.4. The van der Waals surface area contributed by atoms with Crippen molar-refractivity contribution in [3.63, 3.8) is 0 Å². The van der Waals surface area contributed by atoms with Crippen LogP contribution in [0.15, 0.2) is 53.6 Å². The number of rotatable bonds is 5. The highest BCUT2D eigenvalue weighted by atomic mass is 16.5. The van der Waals surface area contributed by atoms with Crippen molar-refractivity contribution in [2.24, 2.45) is 5.11 Å². The van der Waals surface area contributed by atoms with E-state index in [2.05, 4.69) is 10.0 Å². The third-order valence-electron chi connectivity index (χ3n) is 2.61. The van der Waals surface area contributed by atoms with Crippen LogP contribution in [0.4, 0.5) is 5.69 Å². The Hall–Kier alpha value is -2.98. The predicted octanol–water partition coefficient (Wildman–Crippen LogP) is 3.91. The van der Waals surface area contributed by atoms with Crippen molar-refractivity contribution >= 4 is 11.7 Å². The highest BCUT2D eigenvalue weighted by molar-refractivity contribution is 5.94. The largest absolute Gasteiger partial charge is 0.488 e. The van der Waals surface area contributed by atoms with Crippen LogP contribution in [-0.4, -0.2) is 11.1 Å². The molecule has 0 saturated heterocycles. The van der Waals surface area contributed by atoms with Gasteiger partial charge in [-0.05, 0) is 23.2 Å². The summed E-state index contributed by atoms with van der Waals surface area (Å²) in [6.07, 6.45) is 0. The van der Waals surface area contributed by atoms with Gasteiger partial charge in [-0.2, -0.15) is 0 Å². The lowest BCUT2D eigenvalue weighted by molar-refractivity contribution is 0.0697. The van der Waals surface area contributed by atoms with Gasteiger partial charge in [0.15, 0.2) is 0 Å². The Balaban J connectivity index is 2.29. The van der Waals surface area contributed by atoms with Crippen LogP contribution in [0.25, 0.3) is 10.4 Å². The molecule has 2 aromatic carbocycles. The van der Waals surface area contributed by atoms with Crippen molar-refractivity contribution < 1.29 is 14.6 Å². The van der Waals surface area contributed by atoms with Crippen molar-refractivity contribution in [1.29, 1.82) is 0 Å². The summed E-state index contributed by atoms with van der Waals surface area (Å²) in [6.45, 7) is 0.262. The number of nitrogens with zero attached hydrogens (tertiary/aromatic N) is 3. The molecule has 100 valence electrons. The lowest BCUT2D eigenvalue weighted by Gasteiger charge is -2.10. The van der Waals surface area contributed by atoms with Gasteiger partial charge in [-0.3, -0.25) is 0 Å². The monoisotopic (exact) mass is 269 g/mol. The molecule has 0 unspecified atom stereocenters. The van der Waals surface area contributed by atoms with E-state index in [0.717, 1.165) is 5.56 Å². The van der Waals surface area contributed by atoms with E-state index in [1.165, 1.54) is 6.07 Å². The lowest BCUT2D eigenvalue weighted by atomic mass is 10.1. The van der Waals surface area contributed by atoms with Crippen molar-refractivity contribution in [2.45, 2.75) is 6.61 Å². The third kappa shape index (κ3) is 3.07. The van der Waals surface area contributed by atoms with Crippen molar-refractivity contribution in [3.05, 3.63) is 70.1 Å². The fraction of sp³-hybridized carbons (Fsp3) is 0.0714. The first-order valence-corrected chi connectivity index (χ1v) is 5.80. The number of ether oxygens (including phenoxy) is 1. The standard InChI is InChI=1S/C14H11N3O3/c15-17-16-13-11(14(18)19)7-4-8-12(13)20-9-10-5-2-1-3-6-10/h1-8H,9H2,(H,18,19). The van der Waals surface area contributed by atoms with Crippen LogP contribution < -0.4 is 4.74 Å². The molecule has 0 spiro atoms. The number of hydrogen-bond donors (Lipinski definition) is 1. The number of aromatic carboxylic acids is 1. The van der Waals surface area contributed by atoms with E-state index in [9.17, 15) is 4.79 Å². The molecule has 0 aliphatic rings. The second-order valence-corrected chi connectivity index (χ2v) is 3.92. The van der Waals surface area contributed by atoms with Crippen LogP contribution in [0, 0.1) is 0 Å². The summed E-state index contributed by atoms with van der Waals surface area (Å²) >= 11 is 0. The predicted molar refractivity (Wildman–Crippen MR) is 73.0 cm³/mol. The maximum atomic E-state index is 11.1. The maximum Gasteiger partial charge on any atom is 0.336 e. The molecule has 0 aliphatic carbocycles. The molecule has 0 radical (unpaired) electrons. The molecule has 0 aromatic heterocycles. The highest BCUT2D eigenvalue weighted by Crippen LogP contribution is 2.32. The Labute approximate surface area is 114 Å². The molecule has 6 nitrogen and oxygen atoms in total. The van der Waals surface area contributed by atoms with Gasteiger partial charge in [0.1, 0.15) is 12.4 Å². The summed E-state index contributed by atoms with van der Waals surface area (Å²) in [5.74, 6) is -0.927. The van der Waals surface area contributed by atoms with Gasteiger partial charge < -0.3 is 9.84 Å². The summed E-state index contributed by atoms with van der Waals surface area (Å²) in [5, 5.41) is 12.5. The molecule has 0 bridgehead atoms. The molecule has 6 heteroatoms. The van der Waals surface area contributed by atoms with Crippen LogP contribution in [0.3, 0.4) is 0 Å². The molecular weight excluding hydrogens is 258 g/mol. The first-order valence-electron chi connectivity index (χ1n) is 5.80. The number of carboxylic acid groups (broad SMARTS) is 1. The maximum absolute atomic E-state index is 11.1. The van der Waals surface area contributed by atoms with E-state index >= 15 is 0 Å². The Morgan fingerprint density at radius 2 is 1.95 bits per heavy atom. The Bertz CT molecular complexity index is 665. The van der Waals surface area contributed by atoms with Crippen LogP contribution in [0.2, 0.25) is 0 Å². The molecule has 0 aliphatic heterocycles. The zero-order valence-corrected chi connectivity index (χ0v) is 10.4. The van der Waals surface area contributed by atoms with E-state index in [1.54, 1.807) is 12.1 Å². The SMILES string of the molecule is [N-]=[N+]=Nc1c(OCc2ccccc2)cccc1C(=O)O. The van der Waals surface area contributed by atoms with Crippen LogP contribution in [0.1, 0.15) is 15.9 Å². The molecule has 20 heavy (non-hydrogen) atoms. The molecule has 1 N–H and O–H groups in total. The average molecular weight is 269 g/mol. The lowest BCUT2D eigenvalue weighted by Crippen LogP contribution is -2.00. The minimum absolute atomic E-state index is 0.0153.